The number of para-hydroxylation sites is 1. The summed E-state index contributed by atoms with van der Waals surface area (Å²) in [6, 6.07) is 19.6. The third-order valence-electron chi connectivity index (χ3n) is 6.66. The maximum atomic E-state index is 14.0. The van der Waals surface area contributed by atoms with Gasteiger partial charge in [0.2, 0.25) is 11.8 Å². The number of hydrogen-bond donors (Lipinski definition) is 1. The zero-order valence-corrected chi connectivity index (χ0v) is 24.4. The smallest absolute Gasteiger partial charge is 0.264 e. The van der Waals surface area contributed by atoms with Crippen molar-refractivity contribution in [3.8, 4) is 0 Å². The van der Waals surface area contributed by atoms with Crippen molar-refractivity contribution >= 4 is 39.1 Å². The molecule has 0 aromatic heterocycles. The molecule has 0 aliphatic rings. The van der Waals surface area contributed by atoms with E-state index in [9.17, 15) is 18.0 Å². The van der Waals surface area contributed by atoms with Crippen LogP contribution in [0.2, 0.25) is 5.02 Å². The minimum absolute atomic E-state index is 0.0127. The Morgan fingerprint density at radius 1 is 0.923 bits per heavy atom. The van der Waals surface area contributed by atoms with Gasteiger partial charge in [-0.3, -0.25) is 13.9 Å². The normalized spacial score (nSPS) is 12.0. The molecule has 0 saturated heterocycles. The second kappa shape index (κ2) is 13.6. The van der Waals surface area contributed by atoms with Crippen LogP contribution in [0, 0.1) is 13.8 Å². The zero-order valence-electron chi connectivity index (χ0n) is 22.9. The molecule has 7 nitrogen and oxygen atoms in total. The minimum atomic E-state index is -4.14. The first kappa shape index (κ1) is 30.2. The lowest BCUT2D eigenvalue weighted by atomic mass is 10.1. The van der Waals surface area contributed by atoms with Crippen LogP contribution >= 0.6 is 11.6 Å². The number of carbonyl (C=O) groups excluding carboxylic acids is 2. The Kier molecular flexibility index (Phi) is 10.5. The van der Waals surface area contributed by atoms with Crippen LogP contribution in [-0.4, -0.2) is 44.3 Å². The van der Waals surface area contributed by atoms with Crippen LogP contribution in [0.1, 0.15) is 43.4 Å². The maximum absolute atomic E-state index is 14.0. The highest BCUT2D eigenvalue weighted by Crippen LogP contribution is 2.28. The molecule has 0 unspecified atom stereocenters. The number of nitrogens with zero attached hydrogens (tertiary/aromatic N) is 2. The standard InChI is InChI=1S/C30H36ClN3O4S/c1-5-6-19-32-30(36)24(4)33(20-25-13-9-7-11-22(25)2)29(35)21-34(28-14-10-8-12-23(28)3)39(37,38)27-17-15-26(31)16-18-27/h7-18,24H,5-6,19-21H2,1-4H3,(H,32,36)/t24-/m0/s1. The maximum Gasteiger partial charge on any atom is 0.264 e. The molecule has 208 valence electrons. The summed E-state index contributed by atoms with van der Waals surface area (Å²) in [6.45, 7) is 7.62. The Morgan fingerprint density at radius 2 is 1.54 bits per heavy atom. The fraction of sp³-hybridized carbons (Fsp3) is 0.333. The van der Waals surface area contributed by atoms with Crippen LogP contribution in [0.25, 0.3) is 0 Å². The minimum Gasteiger partial charge on any atom is -0.354 e. The number of benzene rings is 3. The van der Waals surface area contributed by atoms with Gasteiger partial charge in [0, 0.05) is 18.1 Å². The molecule has 3 rings (SSSR count). The van der Waals surface area contributed by atoms with Crippen molar-refractivity contribution < 1.29 is 18.0 Å². The predicted molar refractivity (Wildman–Crippen MR) is 156 cm³/mol. The van der Waals surface area contributed by atoms with E-state index in [2.05, 4.69) is 5.32 Å². The number of unbranched alkanes of at least 4 members (excludes halogenated alkanes) is 1. The average Bonchev–Trinajstić information content (AvgIpc) is 2.91. The van der Waals surface area contributed by atoms with E-state index >= 15 is 0 Å². The highest BCUT2D eigenvalue weighted by Gasteiger charge is 2.33. The third-order valence-corrected chi connectivity index (χ3v) is 8.69. The summed E-state index contributed by atoms with van der Waals surface area (Å²) in [5.74, 6) is -0.773. The van der Waals surface area contributed by atoms with Gasteiger partial charge in [0.1, 0.15) is 12.6 Å². The molecule has 0 spiro atoms. The molecular formula is C30H36ClN3O4S. The topological polar surface area (TPSA) is 86.8 Å². The fourth-order valence-electron chi connectivity index (χ4n) is 4.18. The van der Waals surface area contributed by atoms with Gasteiger partial charge in [0.25, 0.3) is 10.0 Å². The van der Waals surface area contributed by atoms with Crippen molar-refractivity contribution in [3.63, 3.8) is 0 Å². The number of aryl methyl sites for hydroxylation is 2. The number of sulfonamides is 1. The van der Waals surface area contributed by atoms with Gasteiger partial charge in [-0.15, -0.1) is 0 Å². The van der Waals surface area contributed by atoms with E-state index in [0.717, 1.165) is 28.3 Å². The largest absolute Gasteiger partial charge is 0.354 e. The quantitative estimate of drug-likeness (QED) is 0.292. The van der Waals surface area contributed by atoms with Crippen molar-refractivity contribution in [3.05, 3.63) is 94.5 Å². The van der Waals surface area contributed by atoms with Gasteiger partial charge >= 0.3 is 0 Å². The molecule has 2 amide bonds. The van der Waals surface area contributed by atoms with Crippen molar-refractivity contribution in [2.24, 2.45) is 0 Å². The summed E-state index contributed by atoms with van der Waals surface area (Å²) >= 11 is 6.00. The monoisotopic (exact) mass is 569 g/mol. The molecule has 3 aromatic carbocycles. The lowest BCUT2D eigenvalue weighted by molar-refractivity contribution is -0.139. The number of carbonyl (C=O) groups is 2. The molecule has 39 heavy (non-hydrogen) atoms. The molecular weight excluding hydrogens is 534 g/mol. The van der Waals surface area contributed by atoms with Crippen LogP contribution in [-0.2, 0) is 26.2 Å². The lowest BCUT2D eigenvalue weighted by Crippen LogP contribution is -2.51. The van der Waals surface area contributed by atoms with Crippen LogP contribution < -0.4 is 9.62 Å². The number of hydrogen-bond acceptors (Lipinski definition) is 4. The van der Waals surface area contributed by atoms with Gasteiger partial charge in [0.05, 0.1) is 10.6 Å². The predicted octanol–water partition coefficient (Wildman–Crippen LogP) is 5.49. The summed E-state index contributed by atoms with van der Waals surface area (Å²) in [5, 5.41) is 3.30. The van der Waals surface area contributed by atoms with Gasteiger partial charge < -0.3 is 10.2 Å². The lowest BCUT2D eigenvalue weighted by Gasteiger charge is -2.32. The first-order valence-electron chi connectivity index (χ1n) is 13.0. The summed E-state index contributed by atoms with van der Waals surface area (Å²) in [5.41, 5.74) is 2.93. The molecule has 0 aliphatic carbocycles. The summed E-state index contributed by atoms with van der Waals surface area (Å²) in [7, 11) is -4.14. The zero-order chi connectivity index (χ0) is 28.6. The van der Waals surface area contributed by atoms with Gasteiger partial charge in [-0.2, -0.15) is 0 Å². The molecule has 9 heteroatoms. The van der Waals surface area contributed by atoms with Crippen LogP contribution in [0.15, 0.2) is 77.7 Å². The molecule has 1 atom stereocenters. The fourth-order valence-corrected chi connectivity index (χ4v) is 5.78. The van der Waals surface area contributed by atoms with Crippen LogP contribution in [0.5, 0.6) is 0 Å². The second-order valence-corrected chi connectivity index (χ2v) is 11.8. The average molecular weight is 570 g/mol. The first-order valence-corrected chi connectivity index (χ1v) is 14.8. The van der Waals surface area contributed by atoms with Crippen molar-refractivity contribution in [1.82, 2.24) is 10.2 Å². The van der Waals surface area contributed by atoms with Crippen molar-refractivity contribution in [1.29, 1.82) is 0 Å². The van der Waals surface area contributed by atoms with E-state index in [1.807, 2.05) is 38.1 Å². The van der Waals surface area contributed by atoms with Gasteiger partial charge in [-0.05, 0) is 74.2 Å². The number of halogens is 1. The summed E-state index contributed by atoms with van der Waals surface area (Å²) in [6.07, 6.45) is 1.75. The Hall–Kier alpha value is -3.36. The summed E-state index contributed by atoms with van der Waals surface area (Å²) in [4.78, 5) is 28.5. The Labute approximate surface area is 236 Å². The van der Waals surface area contributed by atoms with Gasteiger partial charge in [0.15, 0.2) is 0 Å². The number of anilines is 1. The number of nitrogens with one attached hydrogen (secondary N) is 1. The number of amides is 2. The van der Waals surface area contributed by atoms with E-state index in [4.69, 9.17) is 11.6 Å². The summed E-state index contributed by atoms with van der Waals surface area (Å²) < 4.78 is 28.9. The molecule has 3 aromatic rings. The van der Waals surface area contributed by atoms with E-state index in [-0.39, 0.29) is 17.3 Å². The molecule has 0 radical (unpaired) electrons. The first-order chi connectivity index (χ1) is 18.6. The van der Waals surface area contributed by atoms with Crippen molar-refractivity contribution in [2.75, 3.05) is 17.4 Å². The van der Waals surface area contributed by atoms with E-state index in [1.54, 1.807) is 38.1 Å². The molecule has 0 saturated carbocycles. The SMILES string of the molecule is CCCCNC(=O)[C@H](C)N(Cc1ccccc1C)C(=O)CN(c1ccccc1C)S(=O)(=O)c1ccc(Cl)cc1. The van der Waals surface area contributed by atoms with E-state index in [0.29, 0.717) is 22.8 Å². The van der Waals surface area contributed by atoms with E-state index < -0.39 is 28.5 Å². The molecule has 0 heterocycles. The molecule has 0 bridgehead atoms. The second-order valence-electron chi connectivity index (χ2n) is 9.52. The van der Waals surface area contributed by atoms with E-state index in [1.165, 1.54) is 29.2 Å². The highest BCUT2D eigenvalue weighted by molar-refractivity contribution is 7.92. The molecule has 0 fully saturated rings. The van der Waals surface area contributed by atoms with Crippen molar-refractivity contribution in [2.45, 2.75) is 58.0 Å². The van der Waals surface area contributed by atoms with Gasteiger partial charge in [-0.25, -0.2) is 8.42 Å². The molecule has 1 N–H and O–H groups in total. The highest BCUT2D eigenvalue weighted by atomic mass is 35.5. The van der Waals surface area contributed by atoms with Gasteiger partial charge in [-0.1, -0.05) is 67.4 Å². The molecule has 0 aliphatic heterocycles. The Morgan fingerprint density at radius 3 is 2.15 bits per heavy atom. The van der Waals surface area contributed by atoms with Crippen LogP contribution in [0.3, 0.4) is 0 Å². The van der Waals surface area contributed by atoms with Crippen LogP contribution in [0.4, 0.5) is 5.69 Å². The Balaban J connectivity index is 2.02. The third kappa shape index (κ3) is 7.61. The Bertz CT molecular complexity index is 1390. The number of rotatable bonds is 12.